The van der Waals surface area contributed by atoms with Crippen molar-refractivity contribution in [3.8, 4) is 0 Å². The smallest absolute Gasteiger partial charge is 0.206 e. The largest absolute Gasteiger partial charge is 0.506 e. The zero-order valence-electron chi connectivity index (χ0n) is 13.7. The van der Waals surface area contributed by atoms with Gasteiger partial charge in [-0.1, -0.05) is 0 Å². The number of rotatable bonds is 3. The van der Waals surface area contributed by atoms with Gasteiger partial charge in [-0.15, -0.1) is 0 Å². The standard InChI is InChI=1S/C19H18N4O2/c1-11-18(22-14-6-2-12(20)3-7-14)16(24)10-17(25)19(11)23-15-8-4-13(21)5-9-15/h2-10,22,25H,20-21H2,1H3/b23-19+. The molecule has 0 saturated heterocycles. The van der Waals surface area contributed by atoms with Crippen molar-refractivity contribution in [3.05, 3.63) is 71.6 Å². The number of ketones is 1. The topological polar surface area (TPSA) is 114 Å². The van der Waals surface area contributed by atoms with Crippen molar-refractivity contribution in [2.45, 2.75) is 6.92 Å². The first kappa shape index (κ1) is 16.3. The highest BCUT2D eigenvalue weighted by molar-refractivity contribution is 6.24. The Balaban J connectivity index is 1.98. The van der Waals surface area contributed by atoms with E-state index in [1.165, 1.54) is 0 Å². The molecule has 2 aromatic carbocycles. The third-order valence-corrected chi connectivity index (χ3v) is 3.80. The number of carbonyl (C=O) groups excluding carboxylic acids is 1. The van der Waals surface area contributed by atoms with Crippen LogP contribution in [0.15, 0.2) is 76.6 Å². The van der Waals surface area contributed by atoms with Gasteiger partial charge in [0, 0.05) is 28.7 Å². The van der Waals surface area contributed by atoms with Gasteiger partial charge in [-0.3, -0.25) is 4.79 Å². The normalized spacial score (nSPS) is 16.1. The second-order valence-electron chi connectivity index (χ2n) is 5.69. The molecule has 1 aliphatic rings. The number of anilines is 3. The van der Waals surface area contributed by atoms with Crippen LogP contribution in [0, 0.1) is 0 Å². The summed E-state index contributed by atoms with van der Waals surface area (Å²) in [7, 11) is 0. The van der Waals surface area contributed by atoms with Gasteiger partial charge in [0.15, 0.2) is 0 Å². The first-order valence-electron chi connectivity index (χ1n) is 7.67. The predicted octanol–water partition coefficient (Wildman–Crippen LogP) is 3.33. The van der Waals surface area contributed by atoms with E-state index in [1.807, 2.05) is 0 Å². The molecule has 0 unspecified atom stereocenters. The van der Waals surface area contributed by atoms with E-state index in [2.05, 4.69) is 10.3 Å². The van der Waals surface area contributed by atoms with E-state index in [0.29, 0.717) is 34.0 Å². The van der Waals surface area contributed by atoms with Gasteiger partial charge in [0.25, 0.3) is 0 Å². The molecule has 0 fully saturated rings. The van der Waals surface area contributed by atoms with Crippen molar-refractivity contribution in [1.29, 1.82) is 0 Å². The Morgan fingerprint density at radius 3 is 2.12 bits per heavy atom. The number of nitrogens with zero attached hydrogens (tertiary/aromatic N) is 1. The van der Waals surface area contributed by atoms with Crippen LogP contribution in [0.1, 0.15) is 6.92 Å². The highest BCUT2D eigenvalue weighted by Crippen LogP contribution is 2.25. The predicted molar refractivity (Wildman–Crippen MR) is 101 cm³/mol. The summed E-state index contributed by atoms with van der Waals surface area (Å²) in [4.78, 5) is 16.7. The first-order chi connectivity index (χ1) is 11.9. The van der Waals surface area contributed by atoms with Crippen LogP contribution >= 0.6 is 0 Å². The van der Waals surface area contributed by atoms with E-state index < -0.39 is 0 Å². The number of hydrogen-bond donors (Lipinski definition) is 4. The van der Waals surface area contributed by atoms with Crippen molar-refractivity contribution in [2.24, 2.45) is 4.99 Å². The average Bonchev–Trinajstić information content (AvgIpc) is 2.59. The summed E-state index contributed by atoms with van der Waals surface area (Å²) in [6.07, 6.45) is 1.16. The molecule has 0 saturated carbocycles. The Morgan fingerprint density at radius 1 is 0.960 bits per heavy atom. The van der Waals surface area contributed by atoms with Crippen LogP contribution in [0.3, 0.4) is 0 Å². The van der Waals surface area contributed by atoms with Gasteiger partial charge in [-0.05, 0) is 55.5 Å². The maximum atomic E-state index is 12.3. The van der Waals surface area contributed by atoms with Crippen LogP contribution in [0.4, 0.5) is 22.7 Å². The van der Waals surface area contributed by atoms with Gasteiger partial charge in [-0.25, -0.2) is 4.99 Å². The van der Waals surface area contributed by atoms with Gasteiger partial charge >= 0.3 is 0 Å². The summed E-state index contributed by atoms with van der Waals surface area (Å²) in [5, 5.41) is 13.2. The molecule has 25 heavy (non-hydrogen) atoms. The Kier molecular flexibility index (Phi) is 4.26. The second kappa shape index (κ2) is 6.52. The zero-order chi connectivity index (χ0) is 18.0. The summed E-state index contributed by atoms with van der Waals surface area (Å²) in [5.41, 5.74) is 15.2. The zero-order valence-corrected chi connectivity index (χ0v) is 13.7. The number of aliphatic hydroxyl groups excluding tert-OH is 1. The molecule has 3 rings (SSSR count). The lowest BCUT2D eigenvalue weighted by atomic mass is 9.98. The Bertz CT molecular complexity index is 907. The number of aliphatic hydroxyl groups is 1. The first-order valence-corrected chi connectivity index (χ1v) is 7.67. The third-order valence-electron chi connectivity index (χ3n) is 3.80. The number of nitrogens with one attached hydrogen (secondary N) is 1. The number of hydrogen-bond acceptors (Lipinski definition) is 6. The molecule has 126 valence electrons. The van der Waals surface area contributed by atoms with Crippen LogP contribution in [0.25, 0.3) is 0 Å². The molecule has 0 radical (unpaired) electrons. The molecule has 0 aliphatic heterocycles. The van der Waals surface area contributed by atoms with Crippen molar-refractivity contribution in [3.63, 3.8) is 0 Å². The maximum absolute atomic E-state index is 12.3. The fourth-order valence-electron chi connectivity index (χ4n) is 2.45. The van der Waals surface area contributed by atoms with E-state index in [-0.39, 0.29) is 11.5 Å². The summed E-state index contributed by atoms with van der Waals surface area (Å²) in [6.45, 7) is 1.73. The molecule has 6 nitrogen and oxygen atoms in total. The summed E-state index contributed by atoms with van der Waals surface area (Å²) >= 11 is 0. The average molecular weight is 334 g/mol. The lowest BCUT2D eigenvalue weighted by molar-refractivity contribution is -0.111. The summed E-state index contributed by atoms with van der Waals surface area (Å²) in [6, 6.07) is 14.0. The van der Waals surface area contributed by atoms with Crippen molar-refractivity contribution in [2.75, 3.05) is 16.8 Å². The van der Waals surface area contributed by atoms with Crippen molar-refractivity contribution >= 4 is 34.2 Å². The molecule has 6 heteroatoms. The van der Waals surface area contributed by atoms with E-state index in [9.17, 15) is 9.90 Å². The van der Waals surface area contributed by atoms with Crippen LogP contribution in [-0.4, -0.2) is 16.6 Å². The van der Waals surface area contributed by atoms with Crippen LogP contribution in [0.5, 0.6) is 0 Å². The second-order valence-corrected chi connectivity index (χ2v) is 5.69. The molecule has 0 atom stereocenters. The minimum Gasteiger partial charge on any atom is -0.506 e. The number of nitrogens with two attached hydrogens (primary N) is 2. The van der Waals surface area contributed by atoms with Gasteiger partial charge < -0.3 is 21.9 Å². The molecule has 0 spiro atoms. The van der Waals surface area contributed by atoms with Gasteiger partial charge in [0.2, 0.25) is 5.78 Å². The molecule has 0 heterocycles. The quantitative estimate of drug-likeness (QED) is 0.508. The highest BCUT2D eigenvalue weighted by Gasteiger charge is 2.24. The van der Waals surface area contributed by atoms with Gasteiger partial charge in [0.1, 0.15) is 11.5 Å². The number of aliphatic imine (C=N–C) groups is 1. The fourth-order valence-corrected chi connectivity index (χ4v) is 2.45. The monoisotopic (exact) mass is 334 g/mol. The number of nitrogen functional groups attached to an aromatic ring is 2. The minimum atomic E-state index is -0.317. The Hall–Kier alpha value is -3.54. The molecule has 0 aromatic heterocycles. The van der Waals surface area contributed by atoms with Crippen molar-refractivity contribution < 1.29 is 9.90 Å². The van der Waals surface area contributed by atoms with Crippen LogP contribution in [-0.2, 0) is 4.79 Å². The maximum Gasteiger partial charge on any atom is 0.206 e. The van der Waals surface area contributed by atoms with Gasteiger partial charge in [-0.2, -0.15) is 0 Å². The van der Waals surface area contributed by atoms with E-state index >= 15 is 0 Å². The molecule has 6 N–H and O–H groups in total. The highest BCUT2D eigenvalue weighted by atomic mass is 16.3. The van der Waals surface area contributed by atoms with E-state index in [4.69, 9.17) is 11.5 Å². The number of allylic oxidation sites excluding steroid dienone is 2. The molecule has 1 aliphatic carbocycles. The Labute approximate surface area is 145 Å². The molecular formula is C19H18N4O2. The minimum absolute atomic E-state index is 0.165. The summed E-state index contributed by atoms with van der Waals surface area (Å²) < 4.78 is 0. The van der Waals surface area contributed by atoms with Gasteiger partial charge in [0.05, 0.1) is 11.4 Å². The van der Waals surface area contributed by atoms with Crippen LogP contribution < -0.4 is 16.8 Å². The third kappa shape index (κ3) is 3.53. The number of benzene rings is 2. The molecular weight excluding hydrogens is 316 g/mol. The lowest BCUT2D eigenvalue weighted by Crippen LogP contribution is -2.22. The summed E-state index contributed by atoms with van der Waals surface area (Å²) in [5.74, 6) is -0.481. The SMILES string of the molecule is CC1=C(Nc2ccc(N)cc2)C(=O)C=C(O)/C1=N/c1ccc(N)cc1. The Morgan fingerprint density at radius 2 is 1.52 bits per heavy atom. The van der Waals surface area contributed by atoms with Crippen molar-refractivity contribution in [1.82, 2.24) is 0 Å². The lowest BCUT2D eigenvalue weighted by Gasteiger charge is -2.18. The van der Waals surface area contributed by atoms with E-state index in [1.54, 1.807) is 55.5 Å². The fraction of sp³-hybridized carbons (Fsp3) is 0.0526. The molecule has 2 aromatic rings. The van der Waals surface area contributed by atoms with Crippen LogP contribution in [0.2, 0.25) is 0 Å². The molecule has 0 amide bonds. The molecule has 0 bridgehead atoms. The number of carbonyl (C=O) groups is 1. The van der Waals surface area contributed by atoms with E-state index in [0.717, 1.165) is 11.8 Å².